The Morgan fingerprint density at radius 1 is 1.06 bits per heavy atom. The Balaban J connectivity index is 1.52. The predicted octanol–water partition coefficient (Wildman–Crippen LogP) is 5.19. The second-order valence-electron chi connectivity index (χ2n) is 7.19. The van der Waals surface area contributed by atoms with Crippen LogP contribution < -0.4 is 0 Å². The van der Waals surface area contributed by atoms with Crippen LogP contribution in [0.15, 0.2) is 59.9 Å². The number of nitrogens with zero attached hydrogens (tertiary/aromatic N) is 4. The summed E-state index contributed by atoms with van der Waals surface area (Å²) >= 11 is 1.07. The highest BCUT2D eigenvalue weighted by molar-refractivity contribution is 7.99. The average molecular weight is 444 g/mol. The molecular weight excluding hydrogens is 425 g/mol. The lowest BCUT2D eigenvalue weighted by atomic mass is 10.2. The minimum absolute atomic E-state index is 0.0483. The smallest absolute Gasteiger partial charge is 0.344 e. The van der Waals surface area contributed by atoms with Gasteiger partial charge in [0.25, 0.3) is 0 Å². The van der Waals surface area contributed by atoms with Gasteiger partial charge in [-0.05, 0) is 37.6 Å². The lowest BCUT2D eigenvalue weighted by Crippen LogP contribution is -2.08. The van der Waals surface area contributed by atoms with E-state index < -0.39 is 11.7 Å². The molecule has 0 saturated heterocycles. The Morgan fingerprint density at radius 2 is 1.81 bits per heavy atom. The van der Waals surface area contributed by atoms with Crippen LogP contribution in [0, 0.1) is 13.8 Å². The summed E-state index contributed by atoms with van der Waals surface area (Å²) in [6.45, 7) is 4.51. The molecule has 0 saturated carbocycles. The first-order valence-corrected chi connectivity index (χ1v) is 10.5. The summed E-state index contributed by atoms with van der Waals surface area (Å²) in [6, 6.07) is 14.0. The summed E-state index contributed by atoms with van der Waals surface area (Å²) in [7, 11) is 0. The Hall–Kier alpha value is -3.07. The van der Waals surface area contributed by atoms with Crippen LogP contribution in [0.4, 0.5) is 13.2 Å². The lowest BCUT2D eigenvalue weighted by molar-refractivity contribution is -0.137. The number of carbonyl (C=O) groups is 1. The zero-order chi connectivity index (χ0) is 22.2. The molecule has 0 bridgehead atoms. The first-order chi connectivity index (χ1) is 14.7. The highest BCUT2D eigenvalue weighted by atomic mass is 32.2. The molecule has 0 amide bonds. The molecule has 0 aliphatic carbocycles. The number of aromatic nitrogens is 4. The Labute approximate surface area is 180 Å². The molecule has 5 nitrogen and oxygen atoms in total. The van der Waals surface area contributed by atoms with E-state index in [4.69, 9.17) is 0 Å². The molecule has 0 aliphatic rings. The van der Waals surface area contributed by atoms with Crippen LogP contribution in [-0.4, -0.2) is 30.7 Å². The molecular formula is C22H19F3N4OS. The van der Waals surface area contributed by atoms with E-state index in [1.807, 2.05) is 50.2 Å². The van der Waals surface area contributed by atoms with Crippen molar-refractivity contribution in [1.82, 2.24) is 19.2 Å². The summed E-state index contributed by atoms with van der Waals surface area (Å²) in [5.74, 6) is -0.0618. The second kappa shape index (κ2) is 8.22. The van der Waals surface area contributed by atoms with E-state index in [0.717, 1.165) is 41.0 Å². The van der Waals surface area contributed by atoms with Gasteiger partial charge < -0.3 is 4.57 Å². The fourth-order valence-electron chi connectivity index (χ4n) is 3.44. The number of ketones is 1. The standard InChI is InChI=1S/C22H19F3N4OS/c1-14-10-18(15(2)28(14)11-16-6-4-3-5-7-16)19(30)13-31-21-27-26-20-9-8-17(12-29(20)21)22(23,24)25/h3-10,12H,11,13H2,1-2H3. The number of carbonyl (C=O) groups excluding carboxylic acids is 1. The van der Waals surface area contributed by atoms with Crippen molar-refractivity contribution < 1.29 is 18.0 Å². The molecule has 3 heterocycles. The van der Waals surface area contributed by atoms with Gasteiger partial charge in [0.1, 0.15) is 0 Å². The van der Waals surface area contributed by atoms with Gasteiger partial charge in [0, 0.05) is 29.7 Å². The maximum absolute atomic E-state index is 13.0. The summed E-state index contributed by atoms with van der Waals surface area (Å²) in [4.78, 5) is 12.9. The highest BCUT2D eigenvalue weighted by Gasteiger charge is 2.31. The van der Waals surface area contributed by atoms with Gasteiger partial charge in [-0.25, -0.2) is 0 Å². The molecule has 0 atom stereocenters. The molecule has 0 aliphatic heterocycles. The fourth-order valence-corrected chi connectivity index (χ4v) is 4.24. The van der Waals surface area contributed by atoms with E-state index in [0.29, 0.717) is 17.8 Å². The number of halogens is 3. The van der Waals surface area contributed by atoms with Crippen LogP contribution in [0.2, 0.25) is 0 Å². The number of hydrogen-bond donors (Lipinski definition) is 0. The number of rotatable bonds is 6. The van der Waals surface area contributed by atoms with Gasteiger partial charge in [0.15, 0.2) is 16.6 Å². The van der Waals surface area contributed by atoms with Crippen molar-refractivity contribution in [3.8, 4) is 0 Å². The van der Waals surface area contributed by atoms with Crippen molar-refractivity contribution in [3.05, 3.63) is 82.8 Å². The molecule has 0 radical (unpaired) electrons. The second-order valence-corrected chi connectivity index (χ2v) is 8.14. The lowest BCUT2D eigenvalue weighted by Gasteiger charge is -2.10. The number of hydrogen-bond acceptors (Lipinski definition) is 4. The Morgan fingerprint density at radius 3 is 2.52 bits per heavy atom. The van der Waals surface area contributed by atoms with Crippen molar-refractivity contribution in [2.45, 2.75) is 31.7 Å². The Bertz CT molecular complexity index is 1250. The van der Waals surface area contributed by atoms with E-state index in [9.17, 15) is 18.0 Å². The van der Waals surface area contributed by atoms with E-state index >= 15 is 0 Å². The molecule has 0 N–H and O–H groups in total. The van der Waals surface area contributed by atoms with Crippen molar-refractivity contribution in [2.24, 2.45) is 0 Å². The number of benzene rings is 1. The maximum Gasteiger partial charge on any atom is 0.417 e. The predicted molar refractivity (Wildman–Crippen MR) is 112 cm³/mol. The van der Waals surface area contributed by atoms with Crippen LogP contribution >= 0.6 is 11.8 Å². The maximum atomic E-state index is 13.0. The topological polar surface area (TPSA) is 52.2 Å². The molecule has 4 rings (SSSR count). The zero-order valence-corrected chi connectivity index (χ0v) is 17.7. The number of alkyl halides is 3. The minimum atomic E-state index is -4.47. The van der Waals surface area contributed by atoms with Gasteiger partial charge >= 0.3 is 6.18 Å². The van der Waals surface area contributed by atoms with Crippen LogP contribution in [0.25, 0.3) is 5.65 Å². The van der Waals surface area contributed by atoms with Gasteiger partial charge in [-0.2, -0.15) is 13.2 Å². The molecule has 1 aromatic carbocycles. The summed E-state index contributed by atoms with van der Waals surface area (Å²) in [5.41, 5.74) is 3.06. The van der Waals surface area contributed by atoms with Crippen molar-refractivity contribution in [1.29, 1.82) is 0 Å². The van der Waals surface area contributed by atoms with E-state index in [2.05, 4.69) is 14.8 Å². The summed E-state index contributed by atoms with van der Waals surface area (Å²) in [6.07, 6.45) is -3.51. The van der Waals surface area contributed by atoms with Gasteiger partial charge in [-0.1, -0.05) is 42.1 Å². The Kier molecular flexibility index (Phi) is 5.62. The molecule has 0 spiro atoms. The fraction of sp³-hybridized carbons (Fsp3) is 0.227. The van der Waals surface area contributed by atoms with Gasteiger partial charge in [-0.3, -0.25) is 9.20 Å². The molecule has 0 unspecified atom stereocenters. The first kappa shape index (κ1) is 21.2. The van der Waals surface area contributed by atoms with Gasteiger partial charge in [-0.15, -0.1) is 10.2 Å². The molecule has 9 heteroatoms. The third-order valence-electron chi connectivity index (χ3n) is 5.09. The number of aryl methyl sites for hydroxylation is 1. The van der Waals surface area contributed by atoms with Crippen LogP contribution in [0.1, 0.15) is 32.9 Å². The van der Waals surface area contributed by atoms with E-state index in [-0.39, 0.29) is 16.7 Å². The average Bonchev–Trinajstić information content (AvgIpc) is 3.27. The first-order valence-electron chi connectivity index (χ1n) is 9.52. The largest absolute Gasteiger partial charge is 0.417 e. The van der Waals surface area contributed by atoms with Crippen molar-refractivity contribution in [2.75, 3.05) is 5.75 Å². The molecule has 0 fully saturated rings. The molecule has 3 aromatic heterocycles. The number of Topliss-reactive ketones (excluding diaryl/α,β-unsaturated/α-hetero) is 1. The number of pyridine rings is 1. The molecule has 160 valence electrons. The van der Waals surface area contributed by atoms with Gasteiger partial charge in [0.2, 0.25) is 0 Å². The third kappa shape index (κ3) is 4.36. The van der Waals surface area contributed by atoms with Crippen molar-refractivity contribution in [3.63, 3.8) is 0 Å². The number of fused-ring (bicyclic) bond motifs is 1. The SMILES string of the molecule is Cc1cc(C(=O)CSc2nnc3ccc(C(F)(F)F)cn23)c(C)n1Cc1ccccc1. The quantitative estimate of drug-likeness (QED) is 0.303. The third-order valence-corrected chi connectivity index (χ3v) is 6.03. The van der Waals surface area contributed by atoms with Crippen molar-refractivity contribution >= 4 is 23.2 Å². The summed E-state index contributed by atoms with van der Waals surface area (Å²) in [5, 5.41) is 8.06. The van der Waals surface area contributed by atoms with Gasteiger partial charge in [0.05, 0.1) is 11.3 Å². The monoisotopic (exact) mass is 444 g/mol. The number of thioether (sulfide) groups is 1. The van der Waals surface area contributed by atoms with Crippen LogP contribution in [0.5, 0.6) is 0 Å². The highest BCUT2D eigenvalue weighted by Crippen LogP contribution is 2.30. The zero-order valence-electron chi connectivity index (χ0n) is 16.8. The van der Waals surface area contributed by atoms with Crippen LogP contribution in [-0.2, 0) is 12.7 Å². The van der Waals surface area contributed by atoms with E-state index in [1.165, 1.54) is 10.5 Å². The van der Waals surface area contributed by atoms with E-state index in [1.54, 1.807) is 0 Å². The normalized spacial score (nSPS) is 11.9. The molecule has 4 aromatic rings. The molecule has 31 heavy (non-hydrogen) atoms. The van der Waals surface area contributed by atoms with Crippen LogP contribution in [0.3, 0.4) is 0 Å². The summed E-state index contributed by atoms with van der Waals surface area (Å²) < 4.78 is 42.4. The minimum Gasteiger partial charge on any atom is -0.344 e.